The van der Waals surface area contributed by atoms with Crippen LogP contribution in [0.5, 0.6) is 0 Å². The highest BCUT2D eigenvalue weighted by atomic mass is 16.3. The number of aliphatic hydroxyl groups excluding tert-OH is 1. The third-order valence-electron chi connectivity index (χ3n) is 7.75. The number of allylic oxidation sites excluding steroid dienone is 1. The molecule has 0 aromatic carbocycles. The van der Waals surface area contributed by atoms with E-state index in [1.165, 1.54) is 13.0 Å². The van der Waals surface area contributed by atoms with E-state index in [-0.39, 0.29) is 31.5 Å². The summed E-state index contributed by atoms with van der Waals surface area (Å²) in [6.07, 6.45) is -2.86. The van der Waals surface area contributed by atoms with E-state index >= 15 is 0 Å². The van der Waals surface area contributed by atoms with Gasteiger partial charge in [-0.25, -0.2) is 0 Å². The second kappa shape index (κ2) is 5.73. The molecule has 0 aromatic heterocycles. The van der Waals surface area contributed by atoms with Gasteiger partial charge in [0.05, 0.1) is 7.45 Å². The molecule has 0 bridgehead atoms. The average molecular weight is 366 g/mol. The van der Waals surface area contributed by atoms with Crippen LogP contribution in [0.2, 0.25) is 0 Å². The number of ketones is 2. The first-order valence-corrected chi connectivity index (χ1v) is 9.49. The van der Waals surface area contributed by atoms with Crippen molar-refractivity contribution in [1.82, 2.24) is 0 Å². The zero-order chi connectivity index (χ0) is 22.5. The maximum Gasteiger partial charge on any atom is 0.190 e. The number of Topliss-reactive ketones (excluding diaryl/α,β-unsaturated/α-hetero) is 1. The number of hydrogen-bond donors (Lipinski definition) is 3. The molecule has 0 spiro atoms. The molecule has 0 radical (unpaired) electrons. The minimum Gasteiger partial charge on any atom is -0.393 e. The Morgan fingerprint density at radius 3 is 2.77 bits per heavy atom. The standard InChI is InChI=1S/C21H30O5/c1-19-7-5-13(23)9-12(19)3-4-14-15-6-8-21(26,17(25)11-22)20(15,2)10-16(24)18(14)19/h9,14-16,18,22,24,26H,3-8,10-11H2,1-2H3/t14-,15-,16-,18+,19-,20-,21?/m0/s1/i10D2,16D,18D. The second-order valence-electron chi connectivity index (χ2n) is 8.79. The van der Waals surface area contributed by atoms with Crippen LogP contribution in [0.3, 0.4) is 0 Å². The summed E-state index contributed by atoms with van der Waals surface area (Å²) in [6.45, 7) is 2.16. The Hall–Kier alpha value is -1.04. The van der Waals surface area contributed by atoms with Gasteiger partial charge in [-0.15, -0.1) is 0 Å². The van der Waals surface area contributed by atoms with Crippen molar-refractivity contribution < 1.29 is 30.4 Å². The fraction of sp³-hybridized carbons (Fsp3) is 0.810. The van der Waals surface area contributed by atoms with Gasteiger partial charge in [0.15, 0.2) is 11.6 Å². The Labute approximate surface area is 160 Å². The van der Waals surface area contributed by atoms with Crippen molar-refractivity contribution in [2.75, 3.05) is 6.61 Å². The summed E-state index contributed by atoms with van der Waals surface area (Å²) in [5.74, 6) is -4.23. The van der Waals surface area contributed by atoms with Gasteiger partial charge in [0.25, 0.3) is 0 Å². The predicted molar refractivity (Wildman–Crippen MR) is 95.1 cm³/mol. The minimum absolute atomic E-state index is 0.0644. The molecule has 144 valence electrons. The molecule has 0 aliphatic heterocycles. The Morgan fingerprint density at radius 2 is 2.08 bits per heavy atom. The Morgan fingerprint density at radius 1 is 1.35 bits per heavy atom. The Bertz CT molecular complexity index is 856. The van der Waals surface area contributed by atoms with E-state index in [1.807, 2.05) is 0 Å². The van der Waals surface area contributed by atoms with Gasteiger partial charge in [-0.3, -0.25) is 9.59 Å². The van der Waals surface area contributed by atoms with E-state index in [9.17, 15) is 26.3 Å². The smallest absolute Gasteiger partial charge is 0.190 e. The summed E-state index contributed by atoms with van der Waals surface area (Å²) in [5, 5.41) is 32.3. The van der Waals surface area contributed by atoms with Crippen LogP contribution in [-0.2, 0) is 9.59 Å². The molecule has 4 aliphatic carbocycles. The topological polar surface area (TPSA) is 94.8 Å². The lowest BCUT2D eigenvalue weighted by molar-refractivity contribution is -0.182. The highest BCUT2D eigenvalue weighted by Gasteiger charge is 2.68. The number of aliphatic hydroxyl groups is 3. The van der Waals surface area contributed by atoms with Crippen LogP contribution in [0, 0.1) is 28.6 Å². The number of rotatable bonds is 2. The fourth-order valence-corrected chi connectivity index (χ4v) is 6.21. The molecule has 5 heteroatoms. The lowest BCUT2D eigenvalue weighted by Crippen LogP contribution is -2.62. The van der Waals surface area contributed by atoms with Crippen LogP contribution in [-0.4, -0.2) is 45.2 Å². The molecule has 4 rings (SSSR count). The summed E-state index contributed by atoms with van der Waals surface area (Å²) < 4.78 is 36.2. The molecule has 0 amide bonds. The predicted octanol–water partition coefficient (Wildman–Crippen LogP) is 1.78. The SMILES string of the molecule is [2H]C1([2H])[C@@]2(C)[C@@H](CCC2(O)C(=O)CO)[C@@H]2CCC3=CC(=O)CC[C@]3(C)[C@@]2([2H])[C@@]1([2H])O. The highest BCUT2D eigenvalue weighted by molar-refractivity contribution is 5.91. The molecule has 5 nitrogen and oxygen atoms in total. The van der Waals surface area contributed by atoms with Crippen LogP contribution >= 0.6 is 0 Å². The van der Waals surface area contributed by atoms with Crippen molar-refractivity contribution in [1.29, 1.82) is 0 Å². The summed E-state index contributed by atoms with van der Waals surface area (Å²) in [5.41, 5.74) is -4.47. The van der Waals surface area contributed by atoms with Crippen molar-refractivity contribution in [2.45, 2.75) is 70.4 Å². The molecule has 0 saturated heterocycles. The van der Waals surface area contributed by atoms with Gasteiger partial charge in [0, 0.05) is 15.9 Å². The highest BCUT2D eigenvalue weighted by Crippen LogP contribution is 2.67. The van der Waals surface area contributed by atoms with E-state index in [0.717, 1.165) is 0 Å². The zero-order valence-corrected chi connectivity index (χ0v) is 15.3. The summed E-state index contributed by atoms with van der Waals surface area (Å²) in [6, 6.07) is 0. The number of carbonyl (C=O) groups excluding carboxylic acids is 2. The zero-order valence-electron chi connectivity index (χ0n) is 19.3. The van der Waals surface area contributed by atoms with Gasteiger partial charge in [-0.1, -0.05) is 19.4 Å². The average Bonchev–Trinajstić information content (AvgIpc) is 2.96. The maximum atomic E-state index is 12.6. The Kier molecular flexibility index (Phi) is 3.09. The van der Waals surface area contributed by atoms with E-state index < -0.39 is 59.0 Å². The molecule has 3 fully saturated rings. The van der Waals surface area contributed by atoms with E-state index in [4.69, 9.17) is 4.11 Å². The normalized spacial score (nSPS) is 60.3. The second-order valence-corrected chi connectivity index (χ2v) is 8.79. The monoisotopic (exact) mass is 366 g/mol. The summed E-state index contributed by atoms with van der Waals surface area (Å²) in [7, 11) is 0. The van der Waals surface area contributed by atoms with Crippen molar-refractivity contribution in [3.63, 3.8) is 0 Å². The van der Waals surface area contributed by atoms with Crippen LogP contribution in [0.1, 0.15) is 64.2 Å². The van der Waals surface area contributed by atoms with Gasteiger partial charge in [-0.2, -0.15) is 0 Å². The molecule has 4 aliphatic rings. The first-order chi connectivity index (χ1) is 13.7. The molecule has 0 heterocycles. The van der Waals surface area contributed by atoms with Crippen molar-refractivity contribution >= 4 is 11.6 Å². The third-order valence-corrected chi connectivity index (χ3v) is 7.75. The Balaban J connectivity index is 1.97. The minimum atomic E-state index is -2.96. The van der Waals surface area contributed by atoms with Gasteiger partial charge >= 0.3 is 0 Å². The van der Waals surface area contributed by atoms with Crippen LogP contribution in [0.25, 0.3) is 0 Å². The largest absolute Gasteiger partial charge is 0.393 e. The van der Waals surface area contributed by atoms with Gasteiger partial charge in [-0.05, 0) is 67.7 Å². The van der Waals surface area contributed by atoms with E-state index in [2.05, 4.69) is 0 Å². The van der Waals surface area contributed by atoms with Crippen molar-refractivity contribution in [3.05, 3.63) is 11.6 Å². The first kappa shape index (κ1) is 14.0. The first-order valence-electron chi connectivity index (χ1n) is 11.5. The molecule has 7 atom stereocenters. The van der Waals surface area contributed by atoms with E-state index in [0.29, 0.717) is 18.4 Å². The van der Waals surface area contributed by atoms with Crippen molar-refractivity contribution in [2.24, 2.45) is 28.6 Å². The number of fused-ring (bicyclic) bond motifs is 5. The van der Waals surface area contributed by atoms with Crippen molar-refractivity contribution in [3.8, 4) is 0 Å². The molecule has 1 unspecified atom stereocenters. The van der Waals surface area contributed by atoms with Gasteiger partial charge < -0.3 is 15.3 Å². The fourth-order valence-electron chi connectivity index (χ4n) is 6.21. The maximum absolute atomic E-state index is 12.6. The molecule has 26 heavy (non-hydrogen) atoms. The quantitative estimate of drug-likeness (QED) is 0.692. The summed E-state index contributed by atoms with van der Waals surface area (Å²) >= 11 is 0. The van der Waals surface area contributed by atoms with Gasteiger partial charge in [0.2, 0.25) is 0 Å². The molecular weight excluding hydrogens is 332 g/mol. The lowest BCUT2D eigenvalue weighted by Gasteiger charge is -2.60. The van der Waals surface area contributed by atoms with Gasteiger partial charge in [0.1, 0.15) is 12.2 Å². The number of hydrogen-bond acceptors (Lipinski definition) is 5. The molecule has 0 aromatic rings. The van der Waals surface area contributed by atoms with E-state index in [1.54, 1.807) is 6.92 Å². The number of carbonyl (C=O) groups is 2. The molecule has 3 N–H and O–H groups in total. The third kappa shape index (κ3) is 2.14. The molecular formula is C21H30O5. The van der Waals surface area contributed by atoms with Crippen LogP contribution < -0.4 is 0 Å². The van der Waals surface area contributed by atoms with Crippen LogP contribution in [0.4, 0.5) is 0 Å². The van der Waals surface area contributed by atoms with Crippen LogP contribution in [0.15, 0.2) is 11.6 Å². The lowest BCUT2D eigenvalue weighted by atomic mass is 9.45. The summed E-state index contributed by atoms with van der Waals surface area (Å²) in [4.78, 5) is 24.6. The molecule has 3 saturated carbocycles.